The maximum Gasteiger partial charge on any atom is 0.410 e. The summed E-state index contributed by atoms with van der Waals surface area (Å²) in [5, 5.41) is 8.91. The molecule has 1 aromatic carbocycles. The molecule has 1 amide bonds. The molecule has 17 heavy (non-hydrogen) atoms. The Labute approximate surface area is 98.6 Å². The number of carboxylic acids is 1. The summed E-state index contributed by atoms with van der Waals surface area (Å²) in [7, 11) is 0. The van der Waals surface area contributed by atoms with E-state index in [1.807, 2.05) is 30.3 Å². The fraction of sp³-hybridized carbons (Fsp3) is 0.333. The van der Waals surface area contributed by atoms with Crippen molar-refractivity contribution >= 4 is 12.1 Å². The van der Waals surface area contributed by atoms with Gasteiger partial charge in [-0.2, -0.15) is 0 Å². The van der Waals surface area contributed by atoms with E-state index < -0.39 is 18.1 Å². The quantitative estimate of drug-likeness (QED) is 0.861. The molecule has 0 spiro atoms. The van der Waals surface area contributed by atoms with Gasteiger partial charge in [0.1, 0.15) is 6.61 Å². The van der Waals surface area contributed by atoms with Gasteiger partial charge in [-0.05, 0) is 5.56 Å². The summed E-state index contributed by atoms with van der Waals surface area (Å²) >= 11 is 0. The number of hydrogen-bond acceptors (Lipinski definition) is 3. The van der Waals surface area contributed by atoms with Crippen molar-refractivity contribution in [1.82, 2.24) is 4.90 Å². The van der Waals surface area contributed by atoms with Crippen molar-refractivity contribution in [1.29, 1.82) is 0 Å². The highest BCUT2D eigenvalue weighted by atomic mass is 16.6. The smallest absolute Gasteiger partial charge is 0.410 e. The average molecular weight is 235 g/mol. The Morgan fingerprint density at radius 1 is 1.41 bits per heavy atom. The second-order valence-electron chi connectivity index (χ2n) is 3.83. The topological polar surface area (TPSA) is 66.8 Å². The first-order chi connectivity index (χ1) is 8.18. The van der Waals surface area contributed by atoms with Crippen LogP contribution in [0.4, 0.5) is 4.79 Å². The monoisotopic (exact) mass is 235 g/mol. The van der Waals surface area contributed by atoms with E-state index in [4.69, 9.17) is 9.84 Å². The van der Waals surface area contributed by atoms with Crippen molar-refractivity contribution in [2.75, 3.05) is 13.2 Å². The number of carbonyl (C=O) groups is 2. The first-order valence-electron chi connectivity index (χ1n) is 5.38. The maximum atomic E-state index is 11.5. The van der Waals surface area contributed by atoms with Gasteiger partial charge in [0.25, 0.3) is 0 Å². The molecule has 1 aliphatic rings. The molecule has 0 saturated carbocycles. The van der Waals surface area contributed by atoms with Crippen LogP contribution in [0.15, 0.2) is 30.3 Å². The number of benzene rings is 1. The number of hydrogen-bond donors (Lipinski definition) is 1. The van der Waals surface area contributed by atoms with Gasteiger partial charge in [0, 0.05) is 0 Å². The van der Waals surface area contributed by atoms with Gasteiger partial charge in [0.15, 0.2) is 0 Å². The highest BCUT2D eigenvalue weighted by Gasteiger charge is 2.32. The molecule has 1 saturated heterocycles. The predicted molar refractivity (Wildman–Crippen MR) is 59.5 cm³/mol. The van der Waals surface area contributed by atoms with Gasteiger partial charge >= 0.3 is 12.1 Å². The Bertz CT molecular complexity index is 418. The number of nitrogens with zero attached hydrogens (tertiary/aromatic N) is 1. The third-order valence-electron chi connectivity index (χ3n) is 2.72. The molecule has 5 heteroatoms. The van der Waals surface area contributed by atoms with Gasteiger partial charge in [-0.3, -0.25) is 9.69 Å². The van der Waals surface area contributed by atoms with Crippen LogP contribution < -0.4 is 0 Å². The number of carboxylic acid groups (broad SMARTS) is 1. The van der Waals surface area contributed by atoms with Crippen LogP contribution in [0.1, 0.15) is 18.0 Å². The van der Waals surface area contributed by atoms with Crippen LogP contribution in [-0.2, 0) is 9.53 Å². The van der Waals surface area contributed by atoms with Crippen LogP contribution in [0.2, 0.25) is 0 Å². The molecule has 1 aromatic rings. The highest BCUT2D eigenvalue weighted by Crippen LogP contribution is 2.26. The Balaban J connectivity index is 2.25. The molecule has 1 heterocycles. The molecule has 0 bridgehead atoms. The van der Waals surface area contributed by atoms with Crippen LogP contribution in [0.25, 0.3) is 0 Å². The van der Waals surface area contributed by atoms with Crippen molar-refractivity contribution in [2.24, 2.45) is 0 Å². The van der Waals surface area contributed by atoms with E-state index in [0.717, 1.165) is 5.56 Å². The molecule has 0 unspecified atom stereocenters. The molecule has 0 aromatic heterocycles. The summed E-state index contributed by atoms with van der Waals surface area (Å²) in [6, 6.07) is 8.68. The average Bonchev–Trinajstić information content (AvgIpc) is 2.73. The minimum Gasteiger partial charge on any atom is -0.481 e. The molecule has 2 rings (SSSR count). The summed E-state index contributed by atoms with van der Waals surface area (Å²) in [5.41, 5.74) is 0.814. The van der Waals surface area contributed by atoms with Crippen LogP contribution in [-0.4, -0.2) is 35.2 Å². The van der Waals surface area contributed by atoms with Crippen LogP contribution in [0.5, 0.6) is 0 Å². The normalized spacial score (nSPS) is 16.7. The van der Waals surface area contributed by atoms with E-state index in [-0.39, 0.29) is 6.42 Å². The first kappa shape index (κ1) is 11.4. The molecule has 1 aliphatic heterocycles. The van der Waals surface area contributed by atoms with Gasteiger partial charge in [0.2, 0.25) is 0 Å². The number of ether oxygens (including phenoxy) is 1. The van der Waals surface area contributed by atoms with Gasteiger partial charge < -0.3 is 9.84 Å². The standard InChI is InChI=1S/C12H13NO4/c14-11(15)8-10(9-4-2-1-3-5-9)13-6-7-17-12(13)16/h1-5,10H,6-8H2,(H,14,15)/t10-/m1/s1. The zero-order valence-corrected chi connectivity index (χ0v) is 9.20. The maximum absolute atomic E-state index is 11.5. The summed E-state index contributed by atoms with van der Waals surface area (Å²) in [6.07, 6.45) is -0.556. The fourth-order valence-electron chi connectivity index (χ4n) is 1.94. The molecular weight excluding hydrogens is 222 g/mol. The lowest BCUT2D eigenvalue weighted by Crippen LogP contribution is -2.31. The lowest BCUT2D eigenvalue weighted by Gasteiger charge is -2.24. The lowest BCUT2D eigenvalue weighted by atomic mass is 10.0. The number of cyclic esters (lactones) is 1. The third kappa shape index (κ3) is 2.55. The Morgan fingerprint density at radius 2 is 2.12 bits per heavy atom. The highest BCUT2D eigenvalue weighted by molar-refractivity contribution is 5.73. The first-order valence-corrected chi connectivity index (χ1v) is 5.38. The second kappa shape index (κ2) is 4.86. The van der Waals surface area contributed by atoms with Crippen molar-refractivity contribution in [3.05, 3.63) is 35.9 Å². The number of carbonyl (C=O) groups excluding carboxylic acids is 1. The number of amides is 1. The summed E-state index contributed by atoms with van der Waals surface area (Å²) < 4.78 is 4.84. The third-order valence-corrected chi connectivity index (χ3v) is 2.72. The zero-order chi connectivity index (χ0) is 12.3. The molecular formula is C12H13NO4. The summed E-state index contributed by atoms with van der Waals surface area (Å²) in [6.45, 7) is 0.757. The van der Waals surface area contributed by atoms with E-state index in [0.29, 0.717) is 13.2 Å². The van der Waals surface area contributed by atoms with Gasteiger partial charge in [-0.25, -0.2) is 4.79 Å². The SMILES string of the molecule is O=C(O)C[C@H](c1ccccc1)N1CCOC1=O. The van der Waals surface area contributed by atoms with E-state index in [1.165, 1.54) is 4.90 Å². The van der Waals surface area contributed by atoms with Crippen molar-refractivity contribution < 1.29 is 19.4 Å². The second-order valence-corrected chi connectivity index (χ2v) is 3.83. The molecule has 0 aliphatic carbocycles. The van der Waals surface area contributed by atoms with Crippen LogP contribution in [0.3, 0.4) is 0 Å². The molecule has 90 valence electrons. The van der Waals surface area contributed by atoms with E-state index in [1.54, 1.807) is 0 Å². The predicted octanol–water partition coefficient (Wildman–Crippen LogP) is 1.65. The zero-order valence-electron chi connectivity index (χ0n) is 9.20. The van der Waals surface area contributed by atoms with Crippen molar-refractivity contribution in [3.63, 3.8) is 0 Å². The van der Waals surface area contributed by atoms with E-state index >= 15 is 0 Å². The summed E-state index contributed by atoms with van der Waals surface area (Å²) in [4.78, 5) is 23.8. The van der Waals surface area contributed by atoms with Crippen LogP contribution in [0, 0.1) is 0 Å². The molecule has 1 atom stereocenters. The van der Waals surface area contributed by atoms with Gasteiger partial charge in [-0.15, -0.1) is 0 Å². The fourth-order valence-corrected chi connectivity index (χ4v) is 1.94. The molecule has 0 radical (unpaired) electrons. The molecule has 5 nitrogen and oxygen atoms in total. The minimum absolute atomic E-state index is 0.112. The lowest BCUT2D eigenvalue weighted by molar-refractivity contribution is -0.138. The van der Waals surface area contributed by atoms with Crippen LogP contribution >= 0.6 is 0 Å². The van der Waals surface area contributed by atoms with E-state index in [2.05, 4.69) is 0 Å². The largest absolute Gasteiger partial charge is 0.481 e. The number of rotatable bonds is 4. The Hall–Kier alpha value is -2.04. The Morgan fingerprint density at radius 3 is 2.65 bits per heavy atom. The van der Waals surface area contributed by atoms with Gasteiger partial charge in [-0.1, -0.05) is 30.3 Å². The Kier molecular flexibility index (Phi) is 3.27. The molecule has 1 N–H and O–H groups in total. The minimum atomic E-state index is -0.932. The summed E-state index contributed by atoms with van der Waals surface area (Å²) in [5.74, 6) is -0.932. The van der Waals surface area contributed by atoms with Gasteiger partial charge in [0.05, 0.1) is 19.0 Å². The van der Waals surface area contributed by atoms with Crippen molar-refractivity contribution in [2.45, 2.75) is 12.5 Å². The number of aliphatic carboxylic acids is 1. The van der Waals surface area contributed by atoms with E-state index in [9.17, 15) is 9.59 Å². The molecule has 1 fully saturated rings. The van der Waals surface area contributed by atoms with Crippen molar-refractivity contribution in [3.8, 4) is 0 Å².